The maximum atomic E-state index is 14.0. The molecule has 0 saturated carbocycles. The molecule has 154 valence electrons. The summed E-state index contributed by atoms with van der Waals surface area (Å²) in [5, 5.41) is 9.86. The fourth-order valence-electron chi connectivity index (χ4n) is 3.52. The van der Waals surface area contributed by atoms with Gasteiger partial charge in [0.2, 0.25) is 0 Å². The number of rotatable bonds is 5. The van der Waals surface area contributed by atoms with E-state index >= 15 is 0 Å². The van der Waals surface area contributed by atoms with E-state index in [9.17, 15) is 22.7 Å². The SMILES string of the molecule is Cc1c(Cc2ccccc2S(=O)(=O)C(C)(C)C)c2cc(F)ccc2n1CC(=O)O. The topological polar surface area (TPSA) is 76.4 Å². The van der Waals surface area contributed by atoms with Gasteiger partial charge in [0.05, 0.1) is 9.64 Å². The smallest absolute Gasteiger partial charge is 0.323 e. The summed E-state index contributed by atoms with van der Waals surface area (Å²) in [6.45, 7) is 6.47. The van der Waals surface area contributed by atoms with Gasteiger partial charge in [-0.25, -0.2) is 12.8 Å². The third-order valence-electron chi connectivity index (χ3n) is 5.15. The molecule has 0 fully saturated rings. The average Bonchev–Trinajstić information content (AvgIpc) is 2.86. The van der Waals surface area contributed by atoms with Crippen LogP contribution in [0.2, 0.25) is 0 Å². The van der Waals surface area contributed by atoms with Crippen LogP contribution >= 0.6 is 0 Å². The quantitative estimate of drug-likeness (QED) is 0.670. The fraction of sp³-hybridized carbons (Fsp3) is 0.318. The molecule has 0 aliphatic heterocycles. The summed E-state index contributed by atoms with van der Waals surface area (Å²) in [6, 6.07) is 11.0. The maximum absolute atomic E-state index is 14.0. The summed E-state index contributed by atoms with van der Waals surface area (Å²) in [4.78, 5) is 11.6. The number of carbonyl (C=O) groups is 1. The Morgan fingerprint density at radius 2 is 1.79 bits per heavy atom. The Bertz CT molecular complexity index is 1200. The minimum atomic E-state index is -3.59. The molecule has 0 spiro atoms. The first-order valence-electron chi connectivity index (χ1n) is 9.25. The van der Waals surface area contributed by atoms with Gasteiger partial charge < -0.3 is 9.67 Å². The molecule has 29 heavy (non-hydrogen) atoms. The van der Waals surface area contributed by atoms with Crippen molar-refractivity contribution < 1.29 is 22.7 Å². The van der Waals surface area contributed by atoms with E-state index in [4.69, 9.17) is 0 Å². The lowest BCUT2D eigenvalue weighted by molar-refractivity contribution is -0.137. The zero-order valence-corrected chi connectivity index (χ0v) is 17.7. The van der Waals surface area contributed by atoms with E-state index in [-0.39, 0.29) is 17.9 Å². The molecule has 0 aliphatic carbocycles. The van der Waals surface area contributed by atoms with Crippen LogP contribution in [0.15, 0.2) is 47.4 Å². The number of fused-ring (bicyclic) bond motifs is 1. The fourth-order valence-corrected chi connectivity index (χ4v) is 4.92. The van der Waals surface area contributed by atoms with Crippen LogP contribution in [0.4, 0.5) is 4.39 Å². The zero-order valence-electron chi connectivity index (χ0n) is 16.9. The molecule has 7 heteroatoms. The molecule has 0 amide bonds. The molecular weight excluding hydrogens is 393 g/mol. The number of carboxylic acids is 1. The molecule has 0 saturated heterocycles. The van der Waals surface area contributed by atoms with E-state index in [0.29, 0.717) is 22.2 Å². The van der Waals surface area contributed by atoms with Crippen LogP contribution < -0.4 is 0 Å². The van der Waals surface area contributed by atoms with Crippen LogP contribution in [0.3, 0.4) is 0 Å². The lowest BCUT2D eigenvalue weighted by atomic mass is 10.0. The van der Waals surface area contributed by atoms with Crippen molar-refractivity contribution in [2.45, 2.75) is 50.3 Å². The Morgan fingerprint density at radius 3 is 2.41 bits per heavy atom. The van der Waals surface area contributed by atoms with Gasteiger partial charge >= 0.3 is 5.97 Å². The molecule has 0 unspecified atom stereocenters. The van der Waals surface area contributed by atoms with Crippen molar-refractivity contribution in [1.82, 2.24) is 4.57 Å². The standard InChI is InChI=1S/C22H24FNO4S/c1-14-17(18-12-16(23)9-10-19(18)24(14)13-21(25)26)11-15-7-5-6-8-20(15)29(27,28)22(2,3)4/h5-10,12H,11,13H2,1-4H3,(H,25,26). The van der Waals surface area contributed by atoms with E-state index in [1.165, 1.54) is 12.1 Å². The Kier molecular flexibility index (Phi) is 5.30. The number of nitrogens with zero attached hydrogens (tertiary/aromatic N) is 1. The average molecular weight is 418 g/mol. The van der Waals surface area contributed by atoms with Crippen molar-refractivity contribution >= 4 is 26.7 Å². The predicted octanol–water partition coefficient (Wildman–Crippen LogP) is 4.34. The number of hydrogen-bond donors (Lipinski definition) is 1. The molecule has 0 radical (unpaired) electrons. The molecule has 1 heterocycles. The van der Waals surface area contributed by atoms with Crippen LogP contribution in [0.1, 0.15) is 37.6 Å². The van der Waals surface area contributed by atoms with Gasteiger partial charge in [0.1, 0.15) is 12.4 Å². The van der Waals surface area contributed by atoms with Crippen molar-refractivity contribution in [2.75, 3.05) is 0 Å². The van der Waals surface area contributed by atoms with Gasteiger partial charge in [0.15, 0.2) is 9.84 Å². The maximum Gasteiger partial charge on any atom is 0.323 e. The van der Waals surface area contributed by atoms with Gasteiger partial charge in [0, 0.05) is 23.0 Å². The number of carboxylic acid groups (broad SMARTS) is 1. The predicted molar refractivity (Wildman–Crippen MR) is 110 cm³/mol. The van der Waals surface area contributed by atoms with Gasteiger partial charge in [-0.15, -0.1) is 0 Å². The summed E-state index contributed by atoms with van der Waals surface area (Å²) in [5.41, 5.74) is 2.61. The lowest BCUT2D eigenvalue weighted by Crippen LogP contribution is -2.28. The normalized spacial score (nSPS) is 12.4. The lowest BCUT2D eigenvalue weighted by Gasteiger charge is -2.21. The second kappa shape index (κ2) is 7.30. The van der Waals surface area contributed by atoms with E-state index in [0.717, 1.165) is 5.56 Å². The van der Waals surface area contributed by atoms with E-state index in [1.807, 2.05) is 0 Å². The Labute approximate surface area is 169 Å². The van der Waals surface area contributed by atoms with Gasteiger partial charge in [0.25, 0.3) is 0 Å². The van der Waals surface area contributed by atoms with Gasteiger partial charge in [-0.1, -0.05) is 18.2 Å². The second-order valence-corrected chi connectivity index (χ2v) is 10.8. The van der Waals surface area contributed by atoms with Crippen molar-refractivity contribution in [3.05, 3.63) is 65.1 Å². The van der Waals surface area contributed by atoms with E-state index < -0.39 is 26.4 Å². The highest BCUT2D eigenvalue weighted by molar-refractivity contribution is 7.92. The van der Waals surface area contributed by atoms with Crippen LogP contribution in [-0.4, -0.2) is 28.8 Å². The van der Waals surface area contributed by atoms with Crippen molar-refractivity contribution in [1.29, 1.82) is 0 Å². The molecule has 3 aromatic rings. The molecule has 2 aromatic carbocycles. The summed E-state index contributed by atoms with van der Waals surface area (Å²) >= 11 is 0. The molecule has 1 N–H and O–H groups in total. The highest BCUT2D eigenvalue weighted by Gasteiger charge is 2.32. The highest BCUT2D eigenvalue weighted by Crippen LogP contribution is 2.33. The third-order valence-corrected chi connectivity index (χ3v) is 7.73. The van der Waals surface area contributed by atoms with Gasteiger partial charge in [-0.3, -0.25) is 4.79 Å². The Hall–Kier alpha value is -2.67. The Balaban J connectivity index is 2.22. The molecule has 0 bridgehead atoms. The minimum Gasteiger partial charge on any atom is -0.480 e. The number of aromatic nitrogens is 1. The number of aliphatic carboxylic acids is 1. The number of sulfone groups is 1. The molecule has 5 nitrogen and oxygen atoms in total. The van der Waals surface area contributed by atoms with Crippen LogP contribution in [-0.2, 0) is 27.6 Å². The monoisotopic (exact) mass is 417 g/mol. The summed E-state index contributed by atoms with van der Waals surface area (Å²) in [6.07, 6.45) is 0.254. The number of hydrogen-bond acceptors (Lipinski definition) is 3. The first kappa shape index (κ1) is 21.0. The molecule has 3 rings (SSSR count). The third kappa shape index (κ3) is 3.79. The van der Waals surface area contributed by atoms with Crippen LogP contribution in [0.25, 0.3) is 10.9 Å². The summed E-state index contributed by atoms with van der Waals surface area (Å²) in [7, 11) is -3.59. The molecular formula is C22H24FNO4S. The van der Waals surface area contributed by atoms with Crippen molar-refractivity contribution in [3.63, 3.8) is 0 Å². The zero-order chi connectivity index (χ0) is 21.6. The van der Waals surface area contributed by atoms with Gasteiger partial charge in [-0.2, -0.15) is 0 Å². The molecule has 0 aliphatic rings. The van der Waals surface area contributed by atoms with Crippen molar-refractivity contribution in [2.24, 2.45) is 0 Å². The first-order chi connectivity index (χ1) is 13.4. The first-order valence-corrected chi connectivity index (χ1v) is 10.7. The largest absolute Gasteiger partial charge is 0.480 e. The minimum absolute atomic E-state index is 0.238. The van der Waals surface area contributed by atoms with Crippen molar-refractivity contribution in [3.8, 4) is 0 Å². The number of halogens is 1. The number of benzene rings is 2. The summed E-state index contributed by atoms with van der Waals surface area (Å²) in [5.74, 6) is -1.43. The van der Waals surface area contributed by atoms with E-state index in [2.05, 4.69) is 0 Å². The summed E-state index contributed by atoms with van der Waals surface area (Å²) < 4.78 is 40.8. The second-order valence-electron chi connectivity index (χ2n) is 8.11. The molecule has 0 atom stereocenters. The highest BCUT2D eigenvalue weighted by atomic mass is 32.2. The van der Waals surface area contributed by atoms with E-state index in [1.54, 1.807) is 62.6 Å². The van der Waals surface area contributed by atoms with Crippen LogP contribution in [0, 0.1) is 12.7 Å². The molecule has 1 aromatic heterocycles. The Morgan fingerprint density at radius 1 is 1.14 bits per heavy atom. The van der Waals surface area contributed by atoms with Crippen LogP contribution in [0.5, 0.6) is 0 Å². The van der Waals surface area contributed by atoms with Gasteiger partial charge in [-0.05, 0) is 63.1 Å².